The van der Waals surface area contributed by atoms with Crippen LogP contribution in [0.15, 0.2) is 54.1 Å². The number of carbonyl (C=O) groups is 2. The molecule has 2 aromatic rings. The second-order valence-corrected chi connectivity index (χ2v) is 6.06. The lowest BCUT2D eigenvalue weighted by molar-refractivity contribution is -0.183. The lowest BCUT2D eigenvalue weighted by atomic mass is 9.92. The van der Waals surface area contributed by atoms with Crippen molar-refractivity contribution >= 4 is 17.6 Å². The van der Waals surface area contributed by atoms with E-state index in [1.54, 1.807) is 62.6 Å². The lowest BCUT2D eigenvalue weighted by Gasteiger charge is -2.25. The van der Waals surface area contributed by atoms with E-state index in [-0.39, 0.29) is 29.1 Å². The summed E-state index contributed by atoms with van der Waals surface area (Å²) in [5.41, 5.74) is -1.12. The molecule has 0 saturated carbocycles. The van der Waals surface area contributed by atoms with Crippen LogP contribution in [0.2, 0.25) is 0 Å². The molecule has 0 fully saturated rings. The maximum absolute atomic E-state index is 12.7. The Labute approximate surface area is 155 Å². The van der Waals surface area contributed by atoms with Crippen LogP contribution in [0.1, 0.15) is 28.4 Å². The zero-order valence-electron chi connectivity index (χ0n) is 14.8. The molecule has 0 spiro atoms. The van der Waals surface area contributed by atoms with Crippen LogP contribution in [0, 0.1) is 0 Å². The van der Waals surface area contributed by atoms with Crippen molar-refractivity contribution in [2.24, 2.45) is 0 Å². The molecule has 1 unspecified atom stereocenters. The topological polar surface area (TPSA) is 85.3 Å². The number of ether oxygens (including phenoxy) is 2. The first-order valence-corrected chi connectivity index (χ1v) is 8.43. The SMILES string of the molecule is CCOC(=O)C1=C(c2ccc(OC)cc2)ON2C(=O)c3ccccc3C12O. The van der Waals surface area contributed by atoms with E-state index in [9.17, 15) is 14.7 Å². The average molecular weight is 367 g/mol. The molecule has 2 heterocycles. The lowest BCUT2D eigenvalue weighted by Crippen LogP contribution is -2.42. The van der Waals surface area contributed by atoms with E-state index in [2.05, 4.69) is 0 Å². The van der Waals surface area contributed by atoms with E-state index in [1.165, 1.54) is 0 Å². The van der Waals surface area contributed by atoms with Gasteiger partial charge < -0.3 is 19.4 Å². The van der Waals surface area contributed by atoms with Crippen molar-refractivity contribution in [1.29, 1.82) is 0 Å². The van der Waals surface area contributed by atoms with Crippen LogP contribution >= 0.6 is 0 Å². The van der Waals surface area contributed by atoms with Crippen LogP contribution in [0.4, 0.5) is 0 Å². The third-order valence-electron chi connectivity index (χ3n) is 4.60. The summed E-state index contributed by atoms with van der Waals surface area (Å²) in [7, 11) is 1.54. The highest BCUT2D eigenvalue weighted by Gasteiger charge is 2.61. The van der Waals surface area contributed by atoms with E-state index >= 15 is 0 Å². The molecular weight excluding hydrogens is 350 g/mol. The summed E-state index contributed by atoms with van der Waals surface area (Å²) < 4.78 is 10.3. The Bertz CT molecular complexity index is 965. The monoisotopic (exact) mass is 367 g/mol. The Kier molecular flexibility index (Phi) is 3.89. The van der Waals surface area contributed by atoms with Gasteiger partial charge in [0, 0.05) is 11.1 Å². The quantitative estimate of drug-likeness (QED) is 0.834. The van der Waals surface area contributed by atoms with Crippen molar-refractivity contribution in [3.63, 3.8) is 0 Å². The molecule has 0 radical (unpaired) electrons. The number of rotatable bonds is 4. The van der Waals surface area contributed by atoms with E-state index in [1.807, 2.05) is 0 Å². The van der Waals surface area contributed by atoms with Crippen molar-refractivity contribution in [2.75, 3.05) is 13.7 Å². The summed E-state index contributed by atoms with van der Waals surface area (Å²) >= 11 is 0. The minimum Gasteiger partial charge on any atom is -0.497 e. The van der Waals surface area contributed by atoms with Gasteiger partial charge in [-0.05, 0) is 37.3 Å². The van der Waals surface area contributed by atoms with Crippen LogP contribution < -0.4 is 4.74 Å². The molecule has 0 bridgehead atoms. The number of benzene rings is 2. The number of hydrogen-bond donors (Lipinski definition) is 1. The number of aliphatic hydroxyl groups is 1. The Hall–Kier alpha value is -3.32. The second kappa shape index (κ2) is 6.14. The Morgan fingerprint density at radius 3 is 2.56 bits per heavy atom. The maximum Gasteiger partial charge on any atom is 0.343 e. The minimum atomic E-state index is -2.05. The van der Waals surface area contributed by atoms with E-state index in [4.69, 9.17) is 14.3 Å². The van der Waals surface area contributed by atoms with Gasteiger partial charge in [-0.1, -0.05) is 18.2 Å². The fourth-order valence-corrected chi connectivity index (χ4v) is 3.36. The molecule has 4 rings (SSSR count). The number of fused-ring (bicyclic) bond motifs is 3. The first-order chi connectivity index (χ1) is 13.0. The number of hydroxylamine groups is 2. The zero-order valence-corrected chi connectivity index (χ0v) is 14.8. The maximum atomic E-state index is 12.7. The summed E-state index contributed by atoms with van der Waals surface area (Å²) in [6.45, 7) is 1.78. The van der Waals surface area contributed by atoms with Crippen LogP contribution in [0.3, 0.4) is 0 Å². The van der Waals surface area contributed by atoms with Gasteiger partial charge in [0.2, 0.25) is 5.72 Å². The van der Waals surface area contributed by atoms with Crippen LogP contribution in [-0.4, -0.2) is 35.8 Å². The van der Waals surface area contributed by atoms with E-state index < -0.39 is 17.6 Å². The highest BCUT2D eigenvalue weighted by molar-refractivity contribution is 6.07. The van der Waals surface area contributed by atoms with Crippen molar-refractivity contribution < 1.29 is 29.0 Å². The summed E-state index contributed by atoms with van der Waals surface area (Å²) in [4.78, 5) is 31.2. The Morgan fingerprint density at radius 1 is 1.19 bits per heavy atom. The highest BCUT2D eigenvalue weighted by atomic mass is 16.7. The molecule has 7 nitrogen and oxygen atoms in total. The number of nitrogens with zero attached hydrogens (tertiary/aromatic N) is 1. The average Bonchev–Trinajstić information content (AvgIpc) is 3.11. The fourth-order valence-electron chi connectivity index (χ4n) is 3.36. The summed E-state index contributed by atoms with van der Waals surface area (Å²) in [6.07, 6.45) is 0. The van der Waals surface area contributed by atoms with Gasteiger partial charge >= 0.3 is 5.97 Å². The standard InChI is InChI=1S/C20H17NO6/c1-3-26-19(23)16-17(12-8-10-13(25-2)11-9-12)27-21-18(22)14-6-4-5-7-15(14)20(16,21)24/h4-11,24H,3H2,1-2H3. The van der Waals surface area contributed by atoms with E-state index in [0.717, 1.165) is 5.06 Å². The van der Waals surface area contributed by atoms with Crippen molar-refractivity contribution in [1.82, 2.24) is 5.06 Å². The molecule has 2 aliphatic rings. The zero-order chi connectivity index (χ0) is 19.2. The summed E-state index contributed by atoms with van der Waals surface area (Å²) in [6, 6.07) is 13.3. The molecule has 1 atom stereocenters. The molecule has 7 heteroatoms. The van der Waals surface area contributed by atoms with Gasteiger partial charge in [-0.3, -0.25) is 4.79 Å². The second-order valence-electron chi connectivity index (χ2n) is 6.06. The normalized spacial score (nSPS) is 20.3. The first kappa shape index (κ1) is 17.1. The Morgan fingerprint density at radius 2 is 1.89 bits per heavy atom. The number of amides is 1. The van der Waals surface area contributed by atoms with Crippen LogP contribution in [0.25, 0.3) is 5.76 Å². The Balaban J connectivity index is 1.92. The highest BCUT2D eigenvalue weighted by Crippen LogP contribution is 2.51. The predicted molar refractivity (Wildman–Crippen MR) is 94.1 cm³/mol. The molecule has 1 amide bonds. The molecule has 138 valence electrons. The predicted octanol–water partition coefficient (Wildman–Crippen LogP) is 2.22. The van der Waals surface area contributed by atoms with Crippen molar-refractivity contribution in [2.45, 2.75) is 12.6 Å². The van der Waals surface area contributed by atoms with Crippen molar-refractivity contribution in [3.05, 3.63) is 70.8 Å². The van der Waals surface area contributed by atoms with Gasteiger partial charge in [-0.2, -0.15) is 0 Å². The molecule has 2 aromatic carbocycles. The summed E-state index contributed by atoms with van der Waals surface area (Å²) in [5, 5.41) is 12.3. The van der Waals surface area contributed by atoms with Crippen LogP contribution in [-0.2, 0) is 20.1 Å². The number of hydrogen-bond acceptors (Lipinski definition) is 6. The molecule has 2 aliphatic heterocycles. The number of methoxy groups -OCH3 is 1. The molecular formula is C20H17NO6. The third kappa shape index (κ3) is 2.32. The van der Waals surface area contributed by atoms with Gasteiger partial charge in [0.05, 0.1) is 19.3 Å². The molecule has 0 aliphatic carbocycles. The molecule has 1 N–H and O–H groups in total. The largest absolute Gasteiger partial charge is 0.497 e. The van der Waals surface area contributed by atoms with Crippen LogP contribution in [0.5, 0.6) is 5.75 Å². The van der Waals surface area contributed by atoms with E-state index in [0.29, 0.717) is 11.3 Å². The third-order valence-corrected chi connectivity index (χ3v) is 4.60. The molecule has 0 saturated heterocycles. The minimum absolute atomic E-state index is 0.0708. The summed E-state index contributed by atoms with van der Waals surface area (Å²) in [5.74, 6) is -0.589. The molecule has 27 heavy (non-hydrogen) atoms. The van der Waals surface area contributed by atoms with Gasteiger partial charge in [0.1, 0.15) is 11.3 Å². The molecule has 0 aromatic heterocycles. The van der Waals surface area contributed by atoms with Gasteiger partial charge in [-0.25, -0.2) is 4.79 Å². The number of esters is 1. The van der Waals surface area contributed by atoms with Crippen molar-refractivity contribution in [3.8, 4) is 5.75 Å². The fraction of sp³-hybridized carbons (Fsp3) is 0.200. The smallest absolute Gasteiger partial charge is 0.343 e. The van der Waals surface area contributed by atoms with Gasteiger partial charge in [0.25, 0.3) is 5.91 Å². The first-order valence-electron chi connectivity index (χ1n) is 8.43. The van der Waals surface area contributed by atoms with Gasteiger partial charge in [0.15, 0.2) is 5.76 Å². The van der Waals surface area contributed by atoms with Gasteiger partial charge in [-0.15, -0.1) is 5.06 Å². The number of carbonyl (C=O) groups excluding carboxylic acids is 2.